The van der Waals surface area contributed by atoms with Gasteiger partial charge in [-0.1, -0.05) is 42.5 Å². The molecule has 0 amide bonds. The molecule has 0 saturated carbocycles. The number of nitrogens with zero attached hydrogens (tertiary/aromatic N) is 4. The number of aromatic nitrogens is 4. The Hall–Kier alpha value is -6.07. The van der Waals surface area contributed by atoms with Crippen molar-refractivity contribution in [3.8, 4) is 56.3 Å². The Morgan fingerprint density at radius 3 is 1.88 bits per heavy atom. The second-order valence-electron chi connectivity index (χ2n) is 13.3. The Morgan fingerprint density at radius 2 is 1.18 bits per heavy atom. The molecule has 244 valence electrons. The first-order chi connectivity index (χ1) is 24.2. The molecule has 0 aliphatic heterocycles. The molecule has 0 bridgehead atoms. The van der Waals surface area contributed by atoms with E-state index in [0.29, 0.717) is 0 Å². The molecule has 50 heavy (non-hydrogen) atoms. The number of imidazole rings is 1. The minimum absolute atomic E-state index is 0.733. The molecule has 4 aromatic heterocycles. The Kier molecular flexibility index (Phi) is 7.76. The molecule has 5 heteroatoms. The van der Waals surface area contributed by atoms with Crippen molar-refractivity contribution in [2.75, 3.05) is 0 Å². The number of hydrogen-bond acceptors (Lipinski definition) is 4. The Balaban J connectivity index is 1.34. The van der Waals surface area contributed by atoms with Gasteiger partial charge in [0.1, 0.15) is 17.1 Å². The summed E-state index contributed by atoms with van der Waals surface area (Å²) < 4.78 is 9.16. The van der Waals surface area contributed by atoms with Crippen LogP contribution in [-0.2, 0) is 0 Å². The lowest BCUT2D eigenvalue weighted by atomic mass is 9.93. The summed E-state index contributed by atoms with van der Waals surface area (Å²) in [5.74, 6) is 1.47. The maximum atomic E-state index is 7.00. The molecule has 0 atom stereocenters. The van der Waals surface area contributed by atoms with Gasteiger partial charge in [-0.3, -0.25) is 9.97 Å². The smallest absolute Gasteiger partial charge is 0.145 e. The van der Waals surface area contributed by atoms with E-state index in [1.165, 1.54) is 33.4 Å². The fraction of sp³-hybridized carbons (Fsp3) is 0.133. The SMILES string of the molecule is Cc1cccc(C)c1-c1cc(Oc2cc(-c3cc(-c4c(C)cccc4C)ccn3)cc3c2ccn2c(C)c(C)nc32)cc(-c2ccccn2)c1. The highest BCUT2D eigenvalue weighted by Gasteiger charge is 2.18. The van der Waals surface area contributed by atoms with E-state index in [1.807, 2.05) is 30.6 Å². The van der Waals surface area contributed by atoms with Crippen LogP contribution in [0.4, 0.5) is 0 Å². The van der Waals surface area contributed by atoms with Crippen molar-refractivity contribution in [3.05, 3.63) is 155 Å². The number of aryl methyl sites for hydroxylation is 6. The minimum atomic E-state index is 0.733. The van der Waals surface area contributed by atoms with Crippen molar-refractivity contribution < 1.29 is 4.74 Å². The van der Waals surface area contributed by atoms with E-state index in [1.54, 1.807) is 0 Å². The molecule has 0 radical (unpaired) electrons. The lowest BCUT2D eigenvalue weighted by Gasteiger charge is -2.17. The van der Waals surface area contributed by atoms with Gasteiger partial charge in [0.05, 0.1) is 17.1 Å². The van der Waals surface area contributed by atoms with Crippen LogP contribution < -0.4 is 4.74 Å². The van der Waals surface area contributed by atoms with Gasteiger partial charge in [-0.15, -0.1) is 0 Å². The van der Waals surface area contributed by atoms with Gasteiger partial charge in [-0.2, -0.15) is 0 Å². The van der Waals surface area contributed by atoms with Gasteiger partial charge in [0.2, 0.25) is 0 Å². The predicted molar refractivity (Wildman–Crippen MR) is 205 cm³/mol. The average Bonchev–Trinajstić information content (AvgIpc) is 3.41. The average molecular weight is 651 g/mol. The van der Waals surface area contributed by atoms with E-state index in [2.05, 4.69) is 137 Å². The van der Waals surface area contributed by atoms with Crippen LogP contribution in [0.3, 0.4) is 0 Å². The van der Waals surface area contributed by atoms with Gasteiger partial charge in [0.15, 0.2) is 0 Å². The summed E-state index contributed by atoms with van der Waals surface area (Å²) in [6.45, 7) is 12.8. The molecule has 0 unspecified atom stereocenters. The highest BCUT2D eigenvalue weighted by molar-refractivity contribution is 6.01. The van der Waals surface area contributed by atoms with Crippen molar-refractivity contribution in [1.29, 1.82) is 0 Å². The van der Waals surface area contributed by atoms with Crippen LogP contribution in [0, 0.1) is 41.5 Å². The number of hydrogen-bond donors (Lipinski definition) is 0. The van der Waals surface area contributed by atoms with E-state index in [0.717, 1.165) is 72.9 Å². The van der Waals surface area contributed by atoms with Crippen LogP contribution in [0.2, 0.25) is 0 Å². The zero-order valence-electron chi connectivity index (χ0n) is 29.2. The molecule has 0 saturated heterocycles. The maximum Gasteiger partial charge on any atom is 0.145 e. The van der Waals surface area contributed by atoms with Crippen molar-refractivity contribution in [2.24, 2.45) is 0 Å². The van der Waals surface area contributed by atoms with Crippen LogP contribution in [-0.4, -0.2) is 19.4 Å². The van der Waals surface area contributed by atoms with Crippen LogP contribution >= 0.6 is 0 Å². The molecular formula is C45H38N4O. The van der Waals surface area contributed by atoms with E-state index in [-0.39, 0.29) is 0 Å². The lowest BCUT2D eigenvalue weighted by Crippen LogP contribution is -1.95. The molecule has 8 rings (SSSR count). The molecular weight excluding hydrogens is 613 g/mol. The number of ether oxygens (including phenoxy) is 1. The molecule has 0 aliphatic carbocycles. The first-order valence-electron chi connectivity index (χ1n) is 17.0. The van der Waals surface area contributed by atoms with Crippen molar-refractivity contribution in [2.45, 2.75) is 41.5 Å². The number of benzene rings is 4. The molecule has 5 nitrogen and oxygen atoms in total. The van der Waals surface area contributed by atoms with E-state index < -0.39 is 0 Å². The summed E-state index contributed by atoms with van der Waals surface area (Å²) in [4.78, 5) is 14.6. The van der Waals surface area contributed by atoms with E-state index in [4.69, 9.17) is 19.7 Å². The van der Waals surface area contributed by atoms with Gasteiger partial charge in [0, 0.05) is 46.2 Å². The zero-order chi connectivity index (χ0) is 34.5. The normalized spacial score (nSPS) is 11.4. The van der Waals surface area contributed by atoms with Gasteiger partial charge in [0.25, 0.3) is 0 Å². The highest BCUT2D eigenvalue weighted by atomic mass is 16.5. The quantitative estimate of drug-likeness (QED) is 0.180. The van der Waals surface area contributed by atoms with E-state index in [9.17, 15) is 0 Å². The van der Waals surface area contributed by atoms with Crippen LogP contribution in [0.25, 0.3) is 61.2 Å². The standard InChI is InChI=1S/C45H38N4O/c1-27-11-9-12-28(2)43(27)33-16-19-47-41(25-33)35-24-39-38(17-20-49-32(6)31(5)48-45(39)49)42(26-35)50-37-22-34(40-15-7-8-18-46-40)21-36(23-37)44-29(3)13-10-14-30(44)4/h7-26H,1-6H3. The van der Waals surface area contributed by atoms with Crippen molar-refractivity contribution >= 4 is 16.4 Å². The third-order valence-electron chi connectivity index (χ3n) is 9.85. The summed E-state index contributed by atoms with van der Waals surface area (Å²) >= 11 is 0. The summed E-state index contributed by atoms with van der Waals surface area (Å²) in [5, 5.41) is 1.99. The largest absolute Gasteiger partial charge is 0.457 e. The molecule has 0 spiro atoms. The molecule has 0 aliphatic rings. The van der Waals surface area contributed by atoms with Crippen LogP contribution in [0.15, 0.2) is 122 Å². The summed E-state index contributed by atoms with van der Waals surface area (Å²) in [6.07, 6.45) is 5.82. The monoisotopic (exact) mass is 650 g/mol. The number of fused-ring (bicyclic) bond motifs is 3. The highest BCUT2D eigenvalue weighted by Crippen LogP contribution is 2.41. The Morgan fingerprint density at radius 1 is 0.520 bits per heavy atom. The molecule has 8 aromatic rings. The summed E-state index contributed by atoms with van der Waals surface area (Å²) in [6, 6.07) is 36.0. The summed E-state index contributed by atoms with van der Waals surface area (Å²) in [7, 11) is 0. The number of rotatable bonds is 6. The zero-order valence-corrected chi connectivity index (χ0v) is 29.2. The molecule has 0 fully saturated rings. The van der Waals surface area contributed by atoms with E-state index >= 15 is 0 Å². The third kappa shape index (κ3) is 5.51. The van der Waals surface area contributed by atoms with Crippen LogP contribution in [0.1, 0.15) is 33.6 Å². The van der Waals surface area contributed by atoms with Crippen molar-refractivity contribution in [1.82, 2.24) is 19.4 Å². The van der Waals surface area contributed by atoms with Gasteiger partial charge < -0.3 is 9.14 Å². The Bertz CT molecular complexity index is 2540. The molecule has 0 N–H and O–H groups in total. The van der Waals surface area contributed by atoms with Gasteiger partial charge >= 0.3 is 0 Å². The van der Waals surface area contributed by atoms with Gasteiger partial charge in [-0.05, 0) is 147 Å². The second kappa shape index (κ2) is 12.4. The third-order valence-corrected chi connectivity index (χ3v) is 9.85. The molecule has 4 heterocycles. The van der Waals surface area contributed by atoms with Crippen LogP contribution in [0.5, 0.6) is 11.5 Å². The topological polar surface area (TPSA) is 52.3 Å². The predicted octanol–water partition coefficient (Wildman–Crippen LogP) is 11.6. The first-order valence-corrected chi connectivity index (χ1v) is 17.0. The number of pyridine rings is 3. The maximum absolute atomic E-state index is 7.00. The van der Waals surface area contributed by atoms with Gasteiger partial charge in [-0.25, -0.2) is 4.98 Å². The van der Waals surface area contributed by atoms with Crippen molar-refractivity contribution in [3.63, 3.8) is 0 Å². The fourth-order valence-corrected chi connectivity index (χ4v) is 7.26. The summed E-state index contributed by atoms with van der Waals surface area (Å²) in [5.41, 5.74) is 16.3. The molecule has 4 aromatic carbocycles. The Labute approximate surface area is 292 Å². The minimum Gasteiger partial charge on any atom is -0.457 e. The first kappa shape index (κ1) is 31.2. The lowest BCUT2D eigenvalue weighted by molar-refractivity contribution is 0.489. The fourth-order valence-electron chi connectivity index (χ4n) is 7.26. The second-order valence-corrected chi connectivity index (χ2v) is 13.3.